The van der Waals surface area contributed by atoms with Crippen molar-refractivity contribution in [3.8, 4) is 0 Å². The zero-order valence-electron chi connectivity index (χ0n) is 13.4. The fourth-order valence-electron chi connectivity index (χ4n) is 2.25. The molecule has 24 heavy (non-hydrogen) atoms. The van der Waals surface area contributed by atoms with E-state index in [9.17, 15) is 17.2 Å². The number of rotatable bonds is 7. The number of aryl methyl sites for hydroxylation is 1. The molecule has 0 aliphatic heterocycles. The maximum absolute atomic E-state index is 12.5. The number of nitrogens with one attached hydrogen (secondary N) is 1. The summed E-state index contributed by atoms with van der Waals surface area (Å²) in [7, 11) is -3.89. The van der Waals surface area contributed by atoms with E-state index >= 15 is 0 Å². The largest absolute Gasteiger partial charge is 0.333 e. The van der Waals surface area contributed by atoms with Gasteiger partial charge in [0.1, 0.15) is 4.90 Å². The number of alkyl halides is 2. The van der Waals surface area contributed by atoms with Crippen LogP contribution in [0.4, 0.5) is 8.78 Å². The first-order chi connectivity index (χ1) is 11.1. The Labute approximate surface area is 143 Å². The van der Waals surface area contributed by atoms with Crippen molar-refractivity contribution in [3.05, 3.63) is 28.8 Å². The quantitative estimate of drug-likeness (QED) is 0.799. The second-order valence-corrected chi connectivity index (χ2v) is 7.54. The fraction of sp³-hybridized carbons (Fsp3) is 0.538. The van der Waals surface area contributed by atoms with Gasteiger partial charge in [-0.25, -0.2) is 17.8 Å². The molecule has 0 amide bonds. The highest BCUT2D eigenvalue weighted by Crippen LogP contribution is 2.23. The lowest BCUT2D eigenvalue weighted by Gasteiger charge is -2.14. The third kappa shape index (κ3) is 3.93. The Hall–Kier alpha value is -1.52. The molecule has 0 spiro atoms. The number of nitrogens with zero attached hydrogens (tertiary/aromatic N) is 4. The number of hydrogen-bond donors (Lipinski definition) is 1. The van der Waals surface area contributed by atoms with Gasteiger partial charge in [0.25, 0.3) is 0 Å². The van der Waals surface area contributed by atoms with Gasteiger partial charge in [0, 0.05) is 6.54 Å². The van der Waals surface area contributed by atoms with E-state index in [1.54, 1.807) is 11.6 Å². The molecule has 2 heterocycles. The van der Waals surface area contributed by atoms with Gasteiger partial charge in [-0.3, -0.25) is 4.68 Å². The van der Waals surface area contributed by atoms with Gasteiger partial charge in [-0.05, 0) is 27.2 Å². The Morgan fingerprint density at radius 1 is 1.38 bits per heavy atom. The van der Waals surface area contributed by atoms with Gasteiger partial charge >= 0.3 is 6.55 Å². The first-order valence-corrected chi connectivity index (χ1v) is 9.02. The van der Waals surface area contributed by atoms with Crippen LogP contribution in [0.2, 0.25) is 5.02 Å². The molecule has 0 aromatic carbocycles. The van der Waals surface area contributed by atoms with Crippen LogP contribution in [0.3, 0.4) is 0 Å². The standard InChI is InChI=1S/C13H18ClF2N5O2S/c1-8(21-10(3)12(14)9(2)19-21)4-5-18-24(22,23)11-6-17-20(7-11)13(15)16/h6-8,13,18H,4-5H2,1-3H3. The summed E-state index contributed by atoms with van der Waals surface area (Å²) in [6.45, 7) is 2.76. The maximum Gasteiger partial charge on any atom is 0.333 e. The van der Waals surface area contributed by atoms with Crippen molar-refractivity contribution in [1.82, 2.24) is 24.3 Å². The smallest absolute Gasteiger partial charge is 0.265 e. The molecule has 7 nitrogen and oxygen atoms in total. The highest BCUT2D eigenvalue weighted by Gasteiger charge is 2.20. The van der Waals surface area contributed by atoms with Crippen LogP contribution in [0.25, 0.3) is 0 Å². The first-order valence-electron chi connectivity index (χ1n) is 7.16. The maximum atomic E-state index is 12.5. The van der Waals surface area contributed by atoms with Crippen molar-refractivity contribution in [3.63, 3.8) is 0 Å². The van der Waals surface area contributed by atoms with Gasteiger partial charge in [0.05, 0.1) is 34.8 Å². The van der Waals surface area contributed by atoms with Crippen LogP contribution in [-0.4, -0.2) is 34.5 Å². The van der Waals surface area contributed by atoms with Gasteiger partial charge in [0.15, 0.2) is 0 Å². The van der Waals surface area contributed by atoms with Crippen LogP contribution < -0.4 is 4.72 Å². The number of halogens is 3. The molecule has 2 aromatic rings. The lowest BCUT2D eigenvalue weighted by molar-refractivity contribution is 0.0564. The van der Waals surface area contributed by atoms with Gasteiger partial charge in [-0.2, -0.15) is 19.0 Å². The molecule has 1 unspecified atom stereocenters. The Kier molecular flexibility index (Phi) is 5.61. The van der Waals surface area contributed by atoms with Gasteiger partial charge in [0.2, 0.25) is 10.0 Å². The summed E-state index contributed by atoms with van der Waals surface area (Å²) in [5.41, 5.74) is 1.52. The van der Waals surface area contributed by atoms with E-state index in [4.69, 9.17) is 11.6 Å². The molecule has 2 aromatic heterocycles. The summed E-state index contributed by atoms with van der Waals surface area (Å²) >= 11 is 6.09. The molecule has 0 saturated carbocycles. The average Bonchev–Trinajstić information content (AvgIpc) is 3.09. The fourth-order valence-corrected chi connectivity index (χ4v) is 3.36. The molecule has 0 aliphatic rings. The molecule has 1 atom stereocenters. The minimum absolute atomic E-state index is 0.0808. The molecular formula is C13H18ClF2N5O2S. The molecule has 0 saturated heterocycles. The number of sulfonamides is 1. The normalized spacial score (nSPS) is 13.6. The summed E-state index contributed by atoms with van der Waals surface area (Å²) < 4.78 is 53.4. The molecule has 0 fully saturated rings. The molecule has 0 bridgehead atoms. The number of hydrogen-bond acceptors (Lipinski definition) is 4. The topological polar surface area (TPSA) is 81.8 Å². The molecule has 0 aliphatic carbocycles. The van der Waals surface area contributed by atoms with Crippen LogP contribution in [0.5, 0.6) is 0 Å². The van der Waals surface area contributed by atoms with Crippen molar-refractivity contribution in [2.75, 3.05) is 6.54 Å². The minimum Gasteiger partial charge on any atom is -0.265 e. The third-order valence-electron chi connectivity index (χ3n) is 3.60. The van der Waals surface area contributed by atoms with Crippen LogP contribution >= 0.6 is 11.6 Å². The Bertz CT molecular complexity index is 818. The zero-order valence-corrected chi connectivity index (χ0v) is 14.9. The summed E-state index contributed by atoms with van der Waals surface area (Å²) in [6, 6.07) is -0.0808. The van der Waals surface area contributed by atoms with E-state index in [0.717, 1.165) is 18.1 Å². The highest BCUT2D eigenvalue weighted by molar-refractivity contribution is 7.89. The third-order valence-corrected chi connectivity index (χ3v) is 5.56. The summed E-state index contributed by atoms with van der Waals surface area (Å²) in [4.78, 5) is -0.301. The van der Waals surface area contributed by atoms with E-state index in [2.05, 4.69) is 14.9 Å². The Balaban J connectivity index is 1.98. The molecule has 11 heteroatoms. The monoisotopic (exact) mass is 381 g/mol. The van der Waals surface area contributed by atoms with Crippen LogP contribution in [0, 0.1) is 13.8 Å². The van der Waals surface area contributed by atoms with Crippen molar-refractivity contribution < 1.29 is 17.2 Å². The van der Waals surface area contributed by atoms with Crippen LogP contribution in [-0.2, 0) is 10.0 Å². The number of aromatic nitrogens is 4. The SMILES string of the molecule is Cc1nn(C(C)CCNS(=O)(=O)c2cnn(C(F)F)c2)c(C)c1Cl. The lowest BCUT2D eigenvalue weighted by Crippen LogP contribution is -2.26. The van der Waals surface area contributed by atoms with E-state index in [-0.39, 0.29) is 22.2 Å². The zero-order chi connectivity index (χ0) is 18.1. The van der Waals surface area contributed by atoms with Crippen LogP contribution in [0.1, 0.15) is 37.3 Å². The highest BCUT2D eigenvalue weighted by atomic mass is 35.5. The average molecular weight is 382 g/mol. The Morgan fingerprint density at radius 2 is 2.04 bits per heavy atom. The molecular weight excluding hydrogens is 364 g/mol. The summed E-state index contributed by atoms with van der Waals surface area (Å²) in [6.07, 6.45) is 2.14. The summed E-state index contributed by atoms with van der Waals surface area (Å²) in [5.74, 6) is 0. The van der Waals surface area contributed by atoms with Crippen molar-refractivity contribution in [2.45, 2.75) is 44.7 Å². The van der Waals surface area contributed by atoms with Gasteiger partial charge in [-0.1, -0.05) is 11.6 Å². The summed E-state index contributed by atoms with van der Waals surface area (Å²) in [5, 5.41) is 8.22. The van der Waals surface area contributed by atoms with Crippen molar-refractivity contribution in [1.29, 1.82) is 0 Å². The molecule has 1 N–H and O–H groups in total. The lowest BCUT2D eigenvalue weighted by atomic mass is 10.2. The predicted octanol–water partition coefficient (Wildman–Crippen LogP) is 2.67. The van der Waals surface area contributed by atoms with E-state index in [1.165, 1.54) is 0 Å². The molecule has 0 radical (unpaired) electrons. The first kappa shape index (κ1) is 18.8. The molecule has 134 valence electrons. The van der Waals surface area contributed by atoms with E-state index in [1.807, 2.05) is 13.8 Å². The second kappa shape index (κ2) is 7.16. The minimum atomic E-state index is -3.89. The predicted molar refractivity (Wildman–Crippen MR) is 84.7 cm³/mol. The van der Waals surface area contributed by atoms with Crippen molar-refractivity contribution in [2.24, 2.45) is 0 Å². The molecule has 2 rings (SSSR count). The van der Waals surface area contributed by atoms with Gasteiger partial charge in [-0.15, -0.1) is 0 Å². The Morgan fingerprint density at radius 3 is 2.54 bits per heavy atom. The van der Waals surface area contributed by atoms with Gasteiger partial charge < -0.3 is 0 Å². The van der Waals surface area contributed by atoms with E-state index in [0.29, 0.717) is 17.1 Å². The van der Waals surface area contributed by atoms with Crippen molar-refractivity contribution >= 4 is 21.6 Å². The van der Waals surface area contributed by atoms with E-state index < -0.39 is 16.6 Å². The second-order valence-electron chi connectivity index (χ2n) is 5.40. The van der Waals surface area contributed by atoms with Crippen LogP contribution in [0.15, 0.2) is 17.3 Å².